The maximum absolute atomic E-state index is 2.78. The maximum Gasteiger partial charge on any atom is 0.0441 e. The molecule has 27 heavy (non-hydrogen) atoms. The summed E-state index contributed by atoms with van der Waals surface area (Å²) in [5.41, 5.74) is 8.24. The summed E-state index contributed by atoms with van der Waals surface area (Å²) in [5, 5.41) is 0. The number of hydrogen-bond acceptors (Lipinski definition) is 1. The van der Waals surface area contributed by atoms with Gasteiger partial charge in [-0.05, 0) is 67.2 Å². The Kier molecular flexibility index (Phi) is 4.41. The Morgan fingerprint density at radius 3 is 2.11 bits per heavy atom. The van der Waals surface area contributed by atoms with Crippen molar-refractivity contribution in [3.8, 4) is 0 Å². The minimum absolute atomic E-state index is 0.173. The van der Waals surface area contributed by atoms with Crippen molar-refractivity contribution in [3.63, 3.8) is 0 Å². The lowest BCUT2D eigenvalue weighted by molar-refractivity contribution is 0.414. The Labute approximate surface area is 165 Å². The molecular weight excluding hydrogens is 326 g/mol. The molecule has 2 aliphatic rings. The molecule has 0 bridgehead atoms. The first-order valence-electron chi connectivity index (χ1n) is 10.7. The highest BCUT2D eigenvalue weighted by molar-refractivity contribution is 5.66. The normalized spacial score (nSPS) is 23.6. The van der Waals surface area contributed by atoms with Gasteiger partial charge in [-0.2, -0.15) is 0 Å². The molecule has 0 N–H and O–H groups in total. The van der Waals surface area contributed by atoms with Gasteiger partial charge >= 0.3 is 0 Å². The quantitative estimate of drug-likeness (QED) is 0.580. The zero-order valence-corrected chi connectivity index (χ0v) is 18.0. The van der Waals surface area contributed by atoms with Crippen LogP contribution in [0.4, 0.5) is 5.69 Å². The average Bonchev–Trinajstić information content (AvgIpc) is 3.11. The largest absolute Gasteiger partial charge is 0.365 e. The van der Waals surface area contributed by atoms with Crippen molar-refractivity contribution >= 4 is 5.69 Å². The molecule has 0 aromatic heterocycles. The van der Waals surface area contributed by atoms with Crippen molar-refractivity contribution in [2.45, 2.75) is 83.6 Å². The molecule has 1 fully saturated rings. The number of benzene rings is 2. The van der Waals surface area contributed by atoms with Crippen LogP contribution in [0, 0.1) is 0 Å². The molecule has 1 aliphatic heterocycles. The highest BCUT2D eigenvalue weighted by atomic mass is 15.2. The fourth-order valence-corrected chi connectivity index (χ4v) is 5.81. The zero-order chi connectivity index (χ0) is 19.4. The molecule has 1 saturated heterocycles. The predicted molar refractivity (Wildman–Crippen MR) is 117 cm³/mol. The van der Waals surface area contributed by atoms with E-state index in [1.165, 1.54) is 36.1 Å². The van der Waals surface area contributed by atoms with Crippen LogP contribution in [0.2, 0.25) is 0 Å². The SMILES string of the molecule is CC(C)c1cccc(C(C)C)c1N1C[C@]2(CCc3ccccc32)CC1(C)C. The lowest BCUT2D eigenvalue weighted by Crippen LogP contribution is -2.39. The zero-order valence-electron chi connectivity index (χ0n) is 18.0. The fourth-order valence-electron chi connectivity index (χ4n) is 5.81. The van der Waals surface area contributed by atoms with Crippen LogP contribution in [0.1, 0.15) is 88.5 Å². The first-order chi connectivity index (χ1) is 12.8. The molecule has 1 spiro atoms. The highest BCUT2D eigenvalue weighted by Crippen LogP contribution is 2.54. The van der Waals surface area contributed by atoms with Gasteiger partial charge in [-0.25, -0.2) is 0 Å². The van der Waals surface area contributed by atoms with Gasteiger partial charge in [0.25, 0.3) is 0 Å². The number of anilines is 1. The van der Waals surface area contributed by atoms with Crippen LogP contribution >= 0.6 is 0 Å². The van der Waals surface area contributed by atoms with Crippen LogP contribution in [0.5, 0.6) is 0 Å². The third-order valence-electron chi connectivity index (χ3n) is 7.04. The van der Waals surface area contributed by atoms with E-state index in [1.54, 1.807) is 11.1 Å². The third kappa shape index (κ3) is 2.91. The summed E-state index contributed by atoms with van der Waals surface area (Å²) in [5.74, 6) is 1.09. The number of hydrogen-bond donors (Lipinski definition) is 0. The smallest absolute Gasteiger partial charge is 0.0441 e. The van der Waals surface area contributed by atoms with Crippen molar-refractivity contribution in [2.24, 2.45) is 0 Å². The van der Waals surface area contributed by atoms with Crippen LogP contribution < -0.4 is 4.90 Å². The van der Waals surface area contributed by atoms with Gasteiger partial charge in [-0.3, -0.25) is 0 Å². The third-order valence-corrected chi connectivity index (χ3v) is 7.04. The Morgan fingerprint density at radius 2 is 1.48 bits per heavy atom. The molecule has 144 valence electrons. The molecule has 1 nitrogen and oxygen atoms in total. The van der Waals surface area contributed by atoms with E-state index in [9.17, 15) is 0 Å². The van der Waals surface area contributed by atoms with E-state index in [-0.39, 0.29) is 5.54 Å². The van der Waals surface area contributed by atoms with Gasteiger partial charge in [0, 0.05) is 23.2 Å². The van der Waals surface area contributed by atoms with E-state index < -0.39 is 0 Å². The van der Waals surface area contributed by atoms with Gasteiger partial charge in [0.2, 0.25) is 0 Å². The summed E-state index contributed by atoms with van der Waals surface area (Å²) in [6.45, 7) is 15.4. The average molecular weight is 362 g/mol. The van der Waals surface area contributed by atoms with Gasteiger partial charge in [0.05, 0.1) is 0 Å². The molecule has 4 rings (SSSR count). The van der Waals surface area contributed by atoms with Crippen LogP contribution in [0.3, 0.4) is 0 Å². The Balaban J connectivity index is 1.85. The lowest BCUT2D eigenvalue weighted by atomic mass is 9.77. The Hall–Kier alpha value is -1.76. The lowest BCUT2D eigenvalue weighted by Gasteiger charge is -2.38. The molecule has 0 amide bonds. The molecule has 0 radical (unpaired) electrons. The second-order valence-electron chi connectivity index (χ2n) is 10.1. The van der Waals surface area contributed by atoms with Gasteiger partial charge in [-0.1, -0.05) is 70.2 Å². The summed E-state index contributed by atoms with van der Waals surface area (Å²) < 4.78 is 0. The molecule has 1 aliphatic carbocycles. The topological polar surface area (TPSA) is 3.24 Å². The summed E-state index contributed by atoms with van der Waals surface area (Å²) in [4.78, 5) is 2.78. The number of rotatable bonds is 3. The van der Waals surface area contributed by atoms with Crippen molar-refractivity contribution in [1.29, 1.82) is 0 Å². The summed E-state index contributed by atoms with van der Waals surface area (Å²) in [6, 6.07) is 16.2. The monoisotopic (exact) mass is 361 g/mol. The van der Waals surface area contributed by atoms with Crippen LogP contribution in [0.25, 0.3) is 0 Å². The highest BCUT2D eigenvalue weighted by Gasteiger charge is 2.52. The summed E-state index contributed by atoms with van der Waals surface area (Å²) in [7, 11) is 0. The van der Waals surface area contributed by atoms with Gasteiger partial charge < -0.3 is 4.90 Å². The van der Waals surface area contributed by atoms with E-state index >= 15 is 0 Å². The van der Waals surface area contributed by atoms with Gasteiger partial charge in [0.1, 0.15) is 0 Å². The maximum atomic E-state index is 2.78. The molecule has 1 heteroatoms. The first-order valence-corrected chi connectivity index (χ1v) is 10.7. The molecular formula is C26H35N. The van der Waals surface area contributed by atoms with E-state index in [0.717, 1.165) is 6.54 Å². The number of aryl methyl sites for hydroxylation is 1. The molecule has 0 unspecified atom stereocenters. The molecule has 1 atom stereocenters. The van der Waals surface area contributed by atoms with E-state index in [4.69, 9.17) is 0 Å². The van der Waals surface area contributed by atoms with Gasteiger partial charge in [0.15, 0.2) is 0 Å². The Morgan fingerprint density at radius 1 is 0.852 bits per heavy atom. The van der Waals surface area contributed by atoms with Crippen LogP contribution in [-0.2, 0) is 11.8 Å². The standard InChI is InChI=1S/C26H35N/c1-18(2)21-11-9-12-22(19(3)4)24(21)27-17-26(16-25(27,5)6)15-14-20-10-7-8-13-23(20)26/h7-13,18-19H,14-17H2,1-6H3/t26-/m0/s1. The van der Waals surface area contributed by atoms with Crippen molar-refractivity contribution in [1.82, 2.24) is 0 Å². The van der Waals surface area contributed by atoms with Crippen molar-refractivity contribution < 1.29 is 0 Å². The molecule has 1 heterocycles. The minimum atomic E-state index is 0.173. The summed E-state index contributed by atoms with van der Waals surface area (Å²) >= 11 is 0. The molecule has 2 aromatic carbocycles. The number of fused-ring (bicyclic) bond motifs is 2. The van der Waals surface area contributed by atoms with Gasteiger partial charge in [-0.15, -0.1) is 0 Å². The molecule has 0 saturated carbocycles. The Bertz CT molecular complexity index is 819. The summed E-state index contributed by atoms with van der Waals surface area (Å²) in [6.07, 6.45) is 3.79. The van der Waals surface area contributed by atoms with E-state index in [1.807, 2.05) is 0 Å². The number of para-hydroxylation sites is 1. The van der Waals surface area contributed by atoms with Crippen molar-refractivity contribution in [2.75, 3.05) is 11.4 Å². The van der Waals surface area contributed by atoms with E-state index in [2.05, 4.69) is 88.9 Å². The van der Waals surface area contributed by atoms with Crippen molar-refractivity contribution in [3.05, 3.63) is 64.7 Å². The van der Waals surface area contributed by atoms with Crippen LogP contribution in [-0.4, -0.2) is 12.1 Å². The second kappa shape index (κ2) is 6.40. The van der Waals surface area contributed by atoms with E-state index in [0.29, 0.717) is 17.3 Å². The first kappa shape index (κ1) is 18.6. The fraction of sp³-hybridized carbons (Fsp3) is 0.538. The minimum Gasteiger partial charge on any atom is -0.365 e. The predicted octanol–water partition coefficient (Wildman–Crippen LogP) is 6.81. The number of nitrogens with zero attached hydrogens (tertiary/aromatic N) is 1. The second-order valence-corrected chi connectivity index (χ2v) is 10.1. The molecule has 2 aromatic rings. The van der Waals surface area contributed by atoms with Crippen LogP contribution in [0.15, 0.2) is 42.5 Å².